The summed E-state index contributed by atoms with van der Waals surface area (Å²) >= 11 is 0. The van der Waals surface area contributed by atoms with Crippen LogP contribution in [-0.2, 0) is 17.9 Å². The standard InChI is InChI=1S/C25H34N4O/c1-20-4-2-5-21(16-20)19-28-12-9-24(10-13-28)29-14-7-23(8-15-29)25(30)27-18-22-6-3-11-26-17-22/h2-6,11,16-17,23-24H,7-10,12-15,18-19H2,1H3,(H,27,30). The molecule has 30 heavy (non-hydrogen) atoms. The first-order valence-electron chi connectivity index (χ1n) is 11.4. The molecule has 1 amide bonds. The van der Waals surface area contributed by atoms with E-state index in [9.17, 15) is 4.79 Å². The van der Waals surface area contributed by atoms with Crippen LogP contribution in [0.5, 0.6) is 0 Å². The Balaban J connectivity index is 1.17. The van der Waals surface area contributed by atoms with E-state index < -0.39 is 0 Å². The number of hydrogen-bond acceptors (Lipinski definition) is 4. The topological polar surface area (TPSA) is 48.5 Å². The summed E-state index contributed by atoms with van der Waals surface area (Å²) in [5.41, 5.74) is 3.82. The van der Waals surface area contributed by atoms with Crippen molar-refractivity contribution >= 4 is 5.91 Å². The fourth-order valence-electron chi connectivity index (χ4n) is 4.87. The molecule has 1 N–H and O–H groups in total. The smallest absolute Gasteiger partial charge is 0.223 e. The van der Waals surface area contributed by atoms with Crippen molar-refractivity contribution < 1.29 is 4.79 Å². The van der Waals surface area contributed by atoms with E-state index in [1.807, 2.05) is 18.3 Å². The van der Waals surface area contributed by atoms with Gasteiger partial charge in [0.2, 0.25) is 5.91 Å². The molecule has 3 heterocycles. The van der Waals surface area contributed by atoms with Gasteiger partial charge in [0.15, 0.2) is 0 Å². The van der Waals surface area contributed by atoms with Crippen LogP contribution >= 0.6 is 0 Å². The Morgan fingerprint density at radius 1 is 1.03 bits per heavy atom. The van der Waals surface area contributed by atoms with Gasteiger partial charge in [-0.25, -0.2) is 0 Å². The van der Waals surface area contributed by atoms with Crippen molar-refractivity contribution in [3.05, 3.63) is 65.5 Å². The molecule has 2 aliphatic heterocycles. The lowest BCUT2D eigenvalue weighted by Crippen LogP contribution is -2.49. The van der Waals surface area contributed by atoms with Gasteiger partial charge in [-0.1, -0.05) is 35.9 Å². The maximum Gasteiger partial charge on any atom is 0.223 e. The third kappa shape index (κ3) is 5.67. The Bertz CT molecular complexity index is 809. The summed E-state index contributed by atoms with van der Waals surface area (Å²) in [5.74, 6) is 0.353. The Kier molecular flexibility index (Phi) is 7.13. The molecule has 4 rings (SSSR count). The van der Waals surface area contributed by atoms with E-state index >= 15 is 0 Å². The van der Waals surface area contributed by atoms with Gasteiger partial charge in [0.1, 0.15) is 0 Å². The van der Waals surface area contributed by atoms with Gasteiger partial charge in [0.05, 0.1) is 0 Å². The van der Waals surface area contributed by atoms with Gasteiger partial charge in [-0.2, -0.15) is 0 Å². The zero-order valence-electron chi connectivity index (χ0n) is 18.1. The summed E-state index contributed by atoms with van der Waals surface area (Å²) in [4.78, 5) is 21.9. The van der Waals surface area contributed by atoms with E-state index in [0.29, 0.717) is 12.6 Å². The van der Waals surface area contributed by atoms with Crippen molar-refractivity contribution in [3.63, 3.8) is 0 Å². The third-order valence-electron chi connectivity index (χ3n) is 6.65. The van der Waals surface area contributed by atoms with Gasteiger partial charge in [0.25, 0.3) is 0 Å². The Morgan fingerprint density at radius 3 is 2.50 bits per heavy atom. The van der Waals surface area contributed by atoms with Gasteiger partial charge in [-0.3, -0.25) is 14.7 Å². The summed E-state index contributed by atoms with van der Waals surface area (Å²) in [6.45, 7) is 8.24. The van der Waals surface area contributed by atoms with Crippen LogP contribution in [0.4, 0.5) is 0 Å². The number of benzene rings is 1. The molecule has 160 valence electrons. The number of aromatic nitrogens is 1. The van der Waals surface area contributed by atoms with Crippen LogP contribution < -0.4 is 5.32 Å². The van der Waals surface area contributed by atoms with Gasteiger partial charge >= 0.3 is 0 Å². The molecule has 1 aromatic heterocycles. The zero-order chi connectivity index (χ0) is 20.8. The molecule has 1 aromatic carbocycles. The fraction of sp³-hybridized carbons (Fsp3) is 0.520. The predicted octanol–water partition coefficient (Wildman–Crippen LogP) is 3.38. The first kappa shape index (κ1) is 21.0. The number of rotatable bonds is 6. The predicted molar refractivity (Wildman–Crippen MR) is 120 cm³/mol. The molecule has 2 aromatic rings. The van der Waals surface area contributed by atoms with Crippen LogP contribution in [0.25, 0.3) is 0 Å². The molecule has 5 heteroatoms. The molecule has 2 fully saturated rings. The molecule has 0 bridgehead atoms. The van der Waals surface area contributed by atoms with Crippen molar-refractivity contribution in [2.45, 2.75) is 51.7 Å². The van der Waals surface area contributed by atoms with Crippen molar-refractivity contribution in [2.75, 3.05) is 26.2 Å². The zero-order valence-corrected chi connectivity index (χ0v) is 18.1. The summed E-state index contributed by atoms with van der Waals surface area (Å²) < 4.78 is 0. The number of likely N-dealkylation sites (tertiary alicyclic amines) is 2. The average molecular weight is 407 g/mol. The van der Waals surface area contributed by atoms with Crippen molar-refractivity contribution in [1.82, 2.24) is 20.1 Å². The van der Waals surface area contributed by atoms with Crippen LogP contribution in [0, 0.1) is 12.8 Å². The molecule has 0 atom stereocenters. The minimum atomic E-state index is 0.152. The summed E-state index contributed by atoms with van der Waals surface area (Å²) in [6, 6.07) is 13.5. The quantitative estimate of drug-likeness (QED) is 0.799. The minimum Gasteiger partial charge on any atom is -0.352 e. The molecular formula is C25H34N4O. The molecule has 0 saturated carbocycles. The van der Waals surface area contributed by atoms with Gasteiger partial charge in [0, 0.05) is 37.4 Å². The van der Waals surface area contributed by atoms with Gasteiger partial charge in [-0.05, 0) is 76.0 Å². The largest absolute Gasteiger partial charge is 0.352 e. The highest BCUT2D eigenvalue weighted by molar-refractivity contribution is 5.78. The lowest BCUT2D eigenvalue weighted by molar-refractivity contribution is -0.126. The SMILES string of the molecule is Cc1cccc(CN2CCC(N3CCC(C(=O)NCc4cccnc4)CC3)CC2)c1. The van der Waals surface area contributed by atoms with E-state index in [-0.39, 0.29) is 11.8 Å². The highest BCUT2D eigenvalue weighted by Crippen LogP contribution is 2.25. The highest BCUT2D eigenvalue weighted by Gasteiger charge is 2.30. The maximum atomic E-state index is 12.5. The first-order chi connectivity index (χ1) is 14.7. The van der Waals surface area contributed by atoms with Crippen LogP contribution in [0.3, 0.4) is 0 Å². The van der Waals surface area contributed by atoms with Crippen molar-refractivity contribution in [1.29, 1.82) is 0 Å². The summed E-state index contributed by atoms with van der Waals surface area (Å²) in [7, 11) is 0. The average Bonchev–Trinajstić information content (AvgIpc) is 2.79. The van der Waals surface area contributed by atoms with E-state index in [1.54, 1.807) is 6.20 Å². The summed E-state index contributed by atoms with van der Waals surface area (Å²) in [6.07, 6.45) is 8.00. The molecular weight excluding hydrogens is 372 g/mol. The van der Waals surface area contributed by atoms with Crippen LogP contribution in [0.15, 0.2) is 48.8 Å². The van der Waals surface area contributed by atoms with Crippen LogP contribution in [0.1, 0.15) is 42.4 Å². The second-order valence-electron chi connectivity index (χ2n) is 8.89. The number of amides is 1. The second-order valence-corrected chi connectivity index (χ2v) is 8.89. The fourth-order valence-corrected chi connectivity index (χ4v) is 4.87. The normalized spacial score (nSPS) is 19.6. The monoisotopic (exact) mass is 406 g/mol. The molecule has 0 spiro atoms. The molecule has 5 nitrogen and oxygen atoms in total. The number of hydrogen-bond donors (Lipinski definition) is 1. The Morgan fingerprint density at radius 2 is 1.80 bits per heavy atom. The molecule has 0 aliphatic carbocycles. The van der Waals surface area contributed by atoms with E-state index in [2.05, 4.69) is 51.3 Å². The molecule has 0 radical (unpaired) electrons. The number of pyridine rings is 1. The molecule has 2 aliphatic rings. The number of nitrogens with zero attached hydrogens (tertiary/aromatic N) is 3. The van der Waals surface area contributed by atoms with Gasteiger partial charge in [-0.15, -0.1) is 0 Å². The number of aryl methyl sites for hydroxylation is 1. The Labute approximate surface area is 180 Å². The van der Waals surface area contributed by atoms with Crippen LogP contribution in [0.2, 0.25) is 0 Å². The lowest BCUT2D eigenvalue weighted by Gasteiger charge is -2.41. The van der Waals surface area contributed by atoms with E-state index in [1.165, 1.54) is 37.1 Å². The first-order valence-corrected chi connectivity index (χ1v) is 11.4. The van der Waals surface area contributed by atoms with Gasteiger partial charge < -0.3 is 10.2 Å². The lowest BCUT2D eigenvalue weighted by atomic mass is 9.92. The highest BCUT2D eigenvalue weighted by atomic mass is 16.1. The summed E-state index contributed by atoms with van der Waals surface area (Å²) in [5, 5.41) is 3.09. The second kappa shape index (κ2) is 10.2. The number of piperidine rings is 2. The minimum absolute atomic E-state index is 0.152. The Hall–Kier alpha value is -2.24. The maximum absolute atomic E-state index is 12.5. The third-order valence-corrected chi connectivity index (χ3v) is 6.65. The van der Waals surface area contributed by atoms with Crippen molar-refractivity contribution in [2.24, 2.45) is 5.92 Å². The number of carbonyl (C=O) groups is 1. The van der Waals surface area contributed by atoms with Crippen LogP contribution in [-0.4, -0.2) is 52.9 Å². The molecule has 0 unspecified atom stereocenters. The number of carbonyl (C=O) groups excluding carboxylic acids is 1. The van der Waals surface area contributed by atoms with E-state index in [0.717, 1.165) is 38.0 Å². The van der Waals surface area contributed by atoms with Crippen molar-refractivity contribution in [3.8, 4) is 0 Å². The molecule has 2 saturated heterocycles. The number of nitrogens with one attached hydrogen (secondary N) is 1. The van der Waals surface area contributed by atoms with E-state index in [4.69, 9.17) is 0 Å².